The second-order valence-corrected chi connectivity index (χ2v) is 3.79. The molecule has 0 aromatic carbocycles. The molecular weight excluding hydrogens is 256 g/mol. The average Bonchev–Trinajstić information content (AvgIpc) is 2.49. The molecule has 0 radical (unpaired) electrons. The number of nitrogens with zero attached hydrogens (tertiary/aromatic N) is 3. The van der Waals surface area contributed by atoms with Gasteiger partial charge >= 0.3 is 0 Å². The van der Waals surface area contributed by atoms with Crippen molar-refractivity contribution in [3.8, 4) is 11.8 Å². The number of anilines is 1. The van der Waals surface area contributed by atoms with E-state index in [0.717, 1.165) is 5.56 Å². The normalized spacial score (nSPS) is 9.45. The third-order valence-electron chi connectivity index (χ3n) is 2.32. The van der Waals surface area contributed by atoms with Crippen LogP contribution in [0.1, 0.15) is 22.3 Å². The smallest absolute Gasteiger partial charge is 0.258 e. The molecule has 2 heterocycles. The lowest BCUT2D eigenvalue weighted by atomic mass is 10.2. The third kappa shape index (κ3) is 3.86. The number of aromatic nitrogens is 3. The fourth-order valence-corrected chi connectivity index (χ4v) is 1.41. The quantitative estimate of drug-likeness (QED) is 0.806. The monoisotopic (exact) mass is 268 g/mol. The maximum Gasteiger partial charge on any atom is 0.258 e. The highest BCUT2D eigenvalue weighted by Crippen LogP contribution is 2.07. The molecule has 0 atom stereocenters. The molecule has 20 heavy (non-hydrogen) atoms. The number of pyridine rings is 1. The van der Waals surface area contributed by atoms with E-state index < -0.39 is 0 Å². The summed E-state index contributed by atoms with van der Waals surface area (Å²) >= 11 is 0. The summed E-state index contributed by atoms with van der Waals surface area (Å²) in [5, 5.41) is 18.6. The van der Waals surface area contributed by atoms with Gasteiger partial charge in [-0.1, -0.05) is 11.8 Å². The Morgan fingerprint density at radius 1 is 1.30 bits per heavy atom. The molecule has 0 unspecified atom stereocenters. The summed E-state index contributed by atoms with van der Waals surface area (Å²) < 4.78 is 0. The van der Waals surface area contributed by atoms with Crippen LogP contribution in [0.15, 0.2) is 36.8 Å². The molecule has 0 saturated carbocycles. The fourth-order valence-electron chi connectivity index (χ4n) is 1.41. The van der Waals surface area contributed by atoms with Gasteiger partial charge in [0.25, 0.3) is 5.91 Å². The van der Waals surface area contributed by atoms with E-state index in [1.165, 1.54) is 12.4 Å². The Morgan fingerprint density at radius 2 is 2.20 bits per heavy atom. The van der Waals surface area contributed by atoms with Crippen LogP contribution in [0.4, 0.5) is 5.82 Å². The van der Waals surface area contributed by atoms with Crippen molar-refractivity contribution in [3.05, 3.63) is 47.9 Å². The molecule has 6 nitrogen and oxygen atoms in total. The van der Waals surface area contributed by atoms with Gasteiger partial charge in [0.05, 0.1) is 24.6 Å². The standard InChI is InChI=1S/C14H12N4O2/c19-8-2-1-3-11-4-6-15-13(9-11)18-14(20)12-5-7-16-17-10-12/h4-7,9-10,19H,2,8H2,(H,15,18,20). The minimum absolute atomic E-state index is 0.0245. The van der Waals surface area contributed by atoms with Gasteiger partial charge in [-0.15, -0.1) is 0 Å². The van der Waals surface area contributed by atoms with E-state index in [4.69, 9.17) is 5.11 Å². The van der Waals surface area contributed by atoms with E-state index in [0.29, 0.717) is 17.8 Å². The van der Waals surface area contributed by atoms with E-state index in [2.05, 4.69) is 32.3 Å². The van der Waals surface area contributed by atoms with Crippen molar-refractivity contribution in [1.82, 2.24) is 15.2 Å². The van der Waals surface area contributed by atoms with E-state index in [-0.39, 0.29) is 12.5 Å². The second kappa shape index (κ2) is 6.97. The lowest BCUT2D eigenvalue weighted by Gasteiger charge is -2.03. The van der Waals surface area contributed by atoms with E-state index in [1.54, 1.807) is 24.4 Å². The van der Waals surface area contributed by atoms with Gasteiger partial charge in [-0.25, -0.2) is 4.98 Å². The van der Waals surface area contributed by atoms with Gasteiger partial charge in [-0.2, -0.15) is 10.2 Å². The molecule has 6 heteroatoms. The number of carbonyl (C=O) groups excluding carboxylic acids is 1. The first kappa shape index (κ1) is 13.6. The summed E-state index contributed by atoms with van der Waals surface area (Å²) in [7, 11) is 0. The average molecular weight is 268 g/mol. The lowest BCUT2D eigenvalue weighted by molar-refractivity contribution is 0.102. The Bertz CT molecular complexity index is 647. The molecule has 0 aliphatic rings. The molecule has 2 rings (SSSR count). The van der Waals surface area contributed by atoms with Crippen LogP contribution < -0.4 is 5.32 Å². The predicted molar refractivity (Wildman–Crippen MR) is 72.8 cm³/mol. The van der Waals surface area contributed by atoms with Gasteiger partial charge in [-0.3, -0.25) is 4.79 Å². The molecule has 2 aromatic rings. The minimum Gasteiger partial charge on any atom is -0.395 e. The van der Waals surface area contributed by atoms with Crippen LogP contribution in [-0.2, 0) is 0 Å². The first-order valence-corrected chi connectivity index (χ1v) is 5.93. The highest BCUT2D eigenvalue weighted by atomic mass is 16.2. The number of aliphatic hydroxyl groups excluding tert-OH is 1. The summed E-state index contributed by atoms with van der Waals surface area (Å²) in [6.07, 6.45) is 4.79. The second-order valence-electron chi connectivity index (χ2n) is 3.79. The highest BCUT2D eigenvalue weighted by molar-refractivity contribution is 6.03. The Morgan fingerprint density at radius 3 is 2.95 bits per heavy atom. The molecule has 0 aliphatic carbocycles. The van der Waals surface area contributed by atoms with Crippen molar-refractivity contribution < 1.29 is 9.90 Å². The maximum absolute atomic E-state index is 11.9. The molecule has 2 N–H and O–H groups in total. The van der Waals surface area contributed by atoms with Crippen LogP contribution in [0.3, 0.4) is 0 Å². The van der Waals surface area contributed by atoms with Gasteiger partial charge in [0, 0.05) is 18.2 Å². The van der Waals surface area contributed by atoms with Gasteiger partial charge in [-0.05, 0) is 18.2 Å². The Balaban J connectivity index is 2.09. The molecule has 0 saturated heterocycles. The number of carbonyl (C=O) groups is 1. The lowest BCUT2D eigenvalue weighted by Crippen LogP contribution is -2.13. The number of aliphatic hydroxyl groups is 1. The van der Waals surface area contributed by atoms with E-state index in [1.807, 2.05) is 0 Å². The zero-order valence-corrected chi connectivity index (χ0v) is 10.6. The third-order valence-corrected chi connectivity index (χ3v) is 2.32. The zero-order chi connectivity index (χ0) is 14.2. The van der Waals surface area contributed by atoms with Gasteiger partial charge < -0.3 is 10.4 Å². The first-order valence-electron chi connectivity index (χ1n) is 5.93. The van der Waals surface area contributed by atoms with Crippen LogP contribution in [0, 0.1) is 11.8 Å². The molecule has 0 fully saturated rings. The fraction of sp³-hybridized carbons (Fsp3) is 0.143. The number of nitrogens with one attached hydrogen (secondary N) is 1. The van der Waals surface area contributed by atoms with E-state index >= 15 is 0 Å². The van der Waals surface area contributed by atoms with Crippen molar-refractivity contribution >= 4 is 11.7 Å². The maximum atomic E-state index is 11.9. The summed E-state index contributed by atoms with van der Waals surface area (Å²) in [4.78, 5) is 15.9. The first-order chi connectivity index (χ1) is 9.79. The molecular formula is C14H12N4O2. The molecule has 0 aliphatic heterocycles. The van der Waals surface area contributed by atoms with Crippen LogP contribution >= 0.6 is 0 Å². The molecule has 0 bridgehead atoms. The summed E-state index contributed by atoms with van der Waals surface area (Å²) in [6.45, 7) is 0.0245. The Hall–Kier alpha value is -2.78. The Kier molecular flexibility index (Phi) is 4.76. The van der Waals surface area contributed by atoms with Crippen molar-refractivity contribution in [2.75, 3.05) is 11.9 Å². The zero-order valence-electron chi connectivity index (χ0n) is 10.6. The van der Waals surface area contributed by atoms with Crippen molar-refractivity contribution in [1.29, 1.82) is 0 Å². The Labute approximate surface area is 115 Å². The van der Waals surface area contributed by atoms with Crippen molar-refractivity contribution in [3.63, 3.8) is 0 Å². The van der Waals surface area contributed by atoms with Gasteiger partial charge in [0.15, 0.2) is 0 Å². The predicted octanol–water partition coefficient (Wildman–Crippen LogP) is 0.858. The number of hydrogen-bond acceptors (Lipinski definition) is 5. The van der Waals surface area contributed by atoms with Crippen LogP contribution in [0.5, 0.6) is 0 Å². The van der Waals surface area contributed by atoms with Crippen LogP contribution in [0.25, 0.3) is 0 Å². The highest BCUT2D eigenvalue weighted by Gasteiger charge is 2.06. The molecule has 1 amide bonds. The summed E-state index contributed by atoms with van der Waals surface area (Å²) in [6, 6.07) is 4.96. The van der Waals surface area contributed by atoms with E-state index in [9.17, 15) is 4.79 Å². The topological polar surface area (TPSA) is 88.0 Å². The molecule has 2 aromatic heterocycles. The number of rotatable bonds is 3. The minimum atomic E-state index is -0.312. The van der Waals surface area contributed by atoms with Gasteiger partial charge in [0.1, 0.15) is 5.82 Å². The number of amides is 1. The SMILES string of the molecule is O=C(Nc1cc(C#CCCO)ccn1)c1ccnnc1. The van der Waals surface area contributed by atoms with Crippen molar-refractivity contribution in [2.45, 2.75) is 6.42 Å². The molecule has 0 spiro atoms. The van der Waals surface area contributed by atoms with Gasteiger partial charge in [0.2, 0.25) is 0 Å². The number of hydrogen-bond donors (Lipinski definition) is 2. The van der Waals surface area contributed by atoms with Crippen LogP contribution in [0.2, 0.25) is 0 Å². The van der Waals surface area contributed by atoms with Crippen LogP contribution in [-0.4, -0.2) is 32.8 Å². The summed E-state index contributed by atoms with van der Waals surface area (Å²) in [5.41, 5.74) is 1.12. The summed E-state index contributed by atoms with van der Waals surface area (Å²) in [5.74, 6) is 5.77. The largest absolute Gasteiger partial charge is 0.395 e. The molecule has 100 valence electrons. The van der Waals surface area contributed by atoms with Crippen molar-refractivity contribution in [2.24, 2.45) is 0 Å².